The highest BCUT2D eigenvalue weighted by Gasteiger charge is 2.02. The molecule has 1 N–H and O–H groups in total. The highest BCUT2D eigenvalue weighted by molar-refractivity contribution is 5.06. The van der Waals surface area contributed by atoms with E-state index in [-0.39, 0.29) is 6.10 Å². The highest BCUT2D eigenvalue weighted by atomic mass is 16.5. The molecular weight excluding hydrogens is 166 g/mol. The van der Waals surface area contributed by atoms with E-state index in [0.29, 0.717) is 6.61 Å². The lowest BCUT2D eigenvalue weighted by Gasteiger charge is -2.04. The van der Waals surface area contributed by atoms with E-state index in [1.165, 1.54) is 0 Å². The van der Waals surface area contributed by atoms with Crippen LogP contribution in [0.2, 0.25) is 0 Å². The van der Waals surface area contributed by atoms with Gasteiger partial charge < -0.3 is 14.5 Å². The van der Waals surface area contributed by atoms with Crippen LogP contribution in [-0.4, -0.2) is 13.2 Å². The van der Waals surface area contributed by atoms with Crippen LogP contribution in [0.5, 0.6) is 0 Å². The van der Waals surface area contributed by atoms with Crippen LogP contribution < -0.4 is 5.32 Å². The van der Waals surface area contributed by atoms with Crippen molar-refractivity contribution in [3.63, 3.8) is 0 Å². The number of nitrogens with one attached hydrogen (secondary N) is 1. The maximum absolute atomic E-state index is 5.49. The second-order valence-corrected chi connectivity index (χ2v) is 3.26. The van der Waals surface area contributed by atoms with Crippen molar-refractivity contribution in [1.29, 1.82) is 0 Å². The molecule has 0 bridgehead atoms. The van der Waals surface area contributed by atoms with Crippen LogP contribution in [0.1, 0.15) is 25.4 Å². The summed E-state index contributed by atoms with van der Waals surface area (Å²) in [6.07, 6.45) is 0.248. The van der Waals surface area contributed by atoms with Gasteiger partial charge >= 0.3 is 0 Å². The van der Waals surface area contributed by atoms with Crippen molar-refractivity contribution in [2.45, 2.75) is 33.1 Å². The van der Waals surface area contributed by atoms with Crippen molar-refractivity contribution in [2.24, 2.45) is 0 Å². The van der Waals surface area contributed by atoms with Crippen molar-refractivity contribution in [3.05, 3.63) is 23.7 Å². The Labute approximate surface area is 79.1 Å². The molecule has 1 rings (SSSR count). The van der Waals surface area contributed by atoms with Gasteiger partial charge in [0.2, 0.25) is 0 Å². The van der Waals surface area contributed by atoms with Gasteiger partial charge in [-0.25, -0.2) is 0 Å². The molecule has 0 radical (unpaired) electrons. The SMILES string of the molecule is CNCc1ccc(COC(C)C)o1. The number of rotatable bonds is 5. The smallest absolute Gasteiger partial charge is 0.129 e. The average molecular weight is 183 g/mol. The van der Waals surface area contributed by atoms with Gasteiger partial charge in [0.1, 0.15) is 18.1 Å². The summed E-state index contributed by atoms with van der Waals surface area (Å²) in [5, 5.41) is 3.03. The predicted octanol–water partition coefficient (Wildman–Crippen LogP) is 1.92. The Morgan fingerprint density at radius 3 is 2.69 bits per heavy atom. The quantitative estimate of drug-likeness (QED) is 0.757. The standard InChI is InChI=1S/C10H17NO2/c1-8(2)12-7-10-5-4-9(13-10)6-11-3/h4-5,8,11H,6-7H2,1-3H3. The van der Waals surface area contributed by atoms with E-state index in [1.54, 1.807) is 0 Å². The van der Waals surface area contributed by atoms with Gasteiger partial charge in [0.25, 0.3) is 0 Å². The van der Waals surface area contributed by atoms with E-state index in [9.17, 15) is 0 Å². The van der Waals surface area contributed by atoms with Gasteiger partial charge in [-0.15, -0.1) is 0 Å². The van der Waals surface area contributed by atoms with Gasteiger partial charge in [-0.1, -0.05) is 0 Å². The van der Waals surface area contributed by atoms with Crippen LogP contribution in [0.3, 0.4) is 0 Å². The van der Waals surface area contributed by atoms with Crippen molar-refractivity contribution < 1.29 is 9.15 Å². The Balaban J connectivity index is 2.39. The third-order valence-corrected chi connectivity index (χ3v) is 1.63. The first-order valence-corrected chi connectivity index (χ1v) is 4.56. The molecule has 0 aliphatic carbocycles. The Morgan fingerprint density at radius 2 is 2.08 bits per heavy atom. The molecule has 0 aromatic carbocycles. The molecule has 0 aliphatic heterocycles. The van der Waals surface area contributed by atoms with Crippen LogP contribution in [0.15, 0.2) is 16.5 Å². The van der Waals surface area contributed by atoms with Gasteiger partial charge in [0.05, 0.1) is 12.6 Å². The average Bonchev–Trinajstić information content (AvgIpc) is 2.50. The highest BCUT2D eigenvalue weighted by Crippen LogP contribution is 2.09. The third kappa shape index (κ3) is 3.61. The Morgan fingerprint density at radius 1 is 1.38 bits per heavy atom. The molecule has 0 amide bonds. The Bertz CT molecular complexity index is 243. The first-order chi connectivity index (χ1) is 6.22. The second kappa shape index (κ2) is 5.04. The molecule has 74 valence electrons. The summed E-state index contributed by atoms with van der Waals surface area (Å²) in [6, 6.07) is 3.92. The summed E-state index contributed by atoms with van der Waals surface area (Å²) in [5.41, 5.74) is 0. The molecule has 0 atom stereocenters. The topological polar surface area (TPSA) is 34.4 Å². The van der Waals surface area contributed by atoms with Gasteiger partial charge in [0, 0.05) is 0 Å². The lowest BCUT2D eigenvalue weighted by molar-refractivity contribution is 0.0539. The summed E-state index contributed by atoms with van der Waals surface area (Å²) in [7, 11) is 1.90. The first kappa shape index (κ1) is 10.3. The van der Waals surface area contributed by atoms with E-state index < -0.39 is 0 Å². The Hall–Kier alpha value is -0.800. The number of hydrogen-bond donors (Lipinski definition) is 1. The maximum Gasteiger partial charge on any atom is 0.129 e. The summed E-state index contributed by atoms with van der Waals surface area (Å²) in [6.45, 7) is 5.35. The van der Waals surface area contributed by atoms with Crippen LogP contribution in [0.25, 0.3) is 0 Å². The fourth-order valence-electron chi connectivity index (χ4n) is 1.02. The van der Waals surface area contributed by atoms with Crippen molar-refractivity contribution in [2.75, 3.05) is 7.05 Å². The van der Waals surface area contributed by atoms with Crippen molar-refractivity contribution in [3.8, 4) is 0 Å². The lowest BCUT2D eigenvalue weighted by atomic mass is 10.4. The molecule has 1 aromatic rings. The number of ether oxygens (including phenoxy) is 1. The second-order valence-electron chi connectivity index (χ2n) is 3.26. The van der Waals surface area contributed by atoms with E-state index in [2.05, 4.69) is 5.32 Å². The molecule has 0 spiro atoms. The van der Waals surface area contributed by atoms with Gasteiger partial charge in [-0.3, -0.25) is 0 Å². The molecule has 0 aliphatic rings. The van der Waals surface area contributed by atoms with E-state index in [0.717, 1.165) is 18.1 Å². The molecule has 3 nitrogen and oxygen atoms in total. The van der Waals surface area contributed by atoms with E-state index in [1.807, 2.05) is 33.0 Å². The predicted molar refractivity (Wildman–Crippen MR) is 51.4 cm³/mol. The normalized spacial score (nSPS) is 11.1. The zero-order chi connectivity index (χ0) is 9.68. The lowest BCUT2D eigenvalue weighted by Crippen LogP contribution is -2.04. The van der Waals surface area contributed by atoms with Crippen molar-refractivity contribution >= 4 is 0 Å². The molecule has 0 saturated carbocycles. The third-order valence-electron chi connectivity index (χ3n) is 1.63. The van der Waals surface area contributed by atoms with Gasteiger partial charge in [-0.2, -0.15) is 0 Å². The minimum Gasteiger partial charge on any atom is -0.462 e. The van der Waals surface area contributed by atoms with Crippen LogP contribution in [0.4, 0.5) is 0 Å². The van der Waals surface area contributed by atoms with E-state index in [4.69, 9.17) is 9.15 Å². The molecule has 0 saturated heterocycles. The molecule has 0 fully saturated rings. The monoisotopic (exact) mass is 183 g/mol. The molecule has 0 unspecified atom stereocenters. The Kier molecular flexibility index (Phi) is 3.99. The maximum atomic E-state index is 5.49. The fourth-order valence-corrected chi connectivity index (χ4v) is 1.02. The molecular formula is C10H17NO2. The molecule has 1 aromatic heterocycles. The summed E-state index contributed by atoms with van der Waals surface area (Å²) in [4.78, 5) is 0. The number of hydrogen-bond acceptors (Lipinski definition) is 3. The fraction of sp³-hybridized carbons (Fsp3) is 0.600. The minimum atomic E-state index is 0.248. The summed E-state index contributed by atoms with van der Waals surface area (Å²) >= 11 is 0. The van der Waals surface area contributed by atoms with Crippen LogP contribution in [-0.2, 0) is 17.9 Å². The van der Waals surface area contributed by atoms with Crippen molar-refractivity contribution in [1.82, 2.24) is 5.32 Å². The largest absolute Gasteiger partial charge is 0.462 e. The summed E-state index contributed by atoms with van der Waals surface area (Å²) in [5.74, 6) is 1.84. The zero-order valence-corrected chi connectivity index (χ0v) is 8.46. The minimum absolute atomic E-state index is 0.248. The number of furan rings is 1. The van der Waals surface area contributed by atoms with Crippen LogP contribution >= 0.6 is 0 Å². The zero-order valence-electron chi connectivity index (χ0n) is 8.46. The van der Waals surface area contributed by atoms with Crippen LogP contribution in [0, 0.1) is 0 Å². The molecule has 3 heteroatoms. The first-order valence-electron chi connectivity index (χ1n) is 4.56. The van der Waals surface area contributed by atoms with Gasteiger partial charge in [0.15, 0.2) is 0 Å². The summed E-state index contributed by atoms with van der Waals surface area (Å²) < 4.78 is 10.9. The molecule has 1 heterocycles. The molecule has 13 heavy (non-hydrogen) atoms. The van der Waals surface area contributed by atoms with E-state index >= 15 is 0 Å². The van der Waals surface area contributed by atoms with Gasteiger partial charge in [-0.05, 0) is 33.0 Å².